The predicted molar refractivity (Wildman–Crippen MR) is 59.0 cm³/mol. The number of fused-ring (bicyclic) bond motifs is 1. The van der Waals surface area contributed by atoms with E-state index in [0.717, 1.165) is 0 Å². The molecule has 0 saturated heterocycles. The zero-order valence-corrected chi connectivity index (χ0v) is 8.38. The van der Waals surface area contributed by atoms with Gasteiger partial charge in [-0.3, -0.25) is 10.1 Å². The number of aromatic amines is 1. The highest BCUT2D eigenvalue weighted by Crippen LogP contribution is 2.27. The smallest absolute Gasteiger partial charge is 0.294 e. The fourth-order valence-electron chi connectivity index (χ4n) is 1.61. The topological polar surface area (TPSA) is 105 Å². The molecule has 1 unspecified atom stereocenters. The van der Waals surface area contributed by atoms with Gasteiger partial charge in [0.25, 0.3) is 5.69 Å². The molecule has 0 amide bonds. The van der Waals surface area contributed by atoms with Crippen LogP contribution in [0.25, 0.3) is 10.9 Å². The molecular formula is C10H11N3O3. The van der Waals surface area contributed by atoms with Crippen molar-refractivity contribution in [2.45, 2.75) is 6.04 Å². The number of aromatic nitrogens is 1. The minimum Gasteiger partial charge on any atom is -0.394 e. The summed E-state index contributed by atoms with van der Waals surface area (Å²) < 4.78 is 0. The number of aliphatic hydroxyl groups is 1. The van der Waals surface area contributed by atoms with Crippen LogP contribution in [0, 0.1) is 10.1 Å². The number of nitro groups is 1. The Bertz CT molecular complexity index is 535. The van der Waals surface area contributed by atoms with Crippen molar-refractivity contribution in [3.05, 3.63) is 40.1 Å². The van der Waals surface area contributed by atoms with Crippen LogP contribution in [0.4, 0.5) is 5.69 Å². The van der Waals surface area contributed by atoms with Gasteiger partial charge in [-0.2, -0.15) is 0 Å². The molecule has 0 radical (unpaired) electrons. The van der Waals surface area contributed by atoms with Gasteiger partial charge in [0.15, 0.2) is 0 Å². The molecule has 0 bridgehead atoms. The first kappa shape index (κ1) is 10.6. The Morgan fingerprint density at radius 3 is 2.94 bits per heavy atom. The summed E-state index contributed by atoms with van der Waals surface area (Å²) in [5.74, 6) is 0. The number of rotatable bonds is 3. The van der Waals surface area contributed by atoms with Crippen LogP contribution in [0.15, 0.2) is 24.4 Å². The second-order valence-electron chi connectivity index (χ2n) is 3.53. The quantitative estimate of drug-likeness (QED) is 0.532. The van der Waals surface area contributed by atoms with Crippen molar-refractivity contribution in [2.75, 3.05) is 6.61 Å². The number of aliphatic hydroxyl groups excluding tert-OH is 1. The summed E-state index contributed by atoms with van der Waals surface area (Å²) in [6.07, 6.45) is 1.35. The minimum absolute atomic E-state index is 0.0157. The van der Waals surface area contributed by atoms with E-state index in [9.17, 15) is 10.1 Å². The first-order valence-electron chi connectivity index (χ1n) is 4.75. The second kappa shape index (κ2) is 3.92. The molecule has 84 valence electrons. The van der Waals surface area contributed by atoms with Crippen LogP contribution in [-0.2, 0) is 0 Å². The maximum atomic E-state index is 10.7. The van der Waals surface area contributed by atoms with Gasteiger partial charge in [-0.25, -0.2) is 0 Å². The summed E-state index contributed by atoms with van der Waals surface area (Å²) in [6, 6.07) is 4.57. The van der Waals surface area contributed by atoms with E-state index < -0.39 is 11.0 Å². The van der Waals surface area contributed by atoms with E-state index in [1.807, 2.05) is 0 Å². The third kappa shape index (κ3) is 1.64. The molecule has 2 rings (SSSR count). The normalized spacial score (nSPS) is 12.9. The highest BCUT2D eigenvalue weighted by Gasteiger charge is 2.15. The Kier molecular flexibility index (Phi) is 2.59. The lowest BCUT2D eigenvalue weighted by atomic mass is 10.1. The first-order chi connectivity index (χ1) is 7.63. The summed E-state index contributed by atoms with van der Waals surface area (Å²) in [7, 11) is 0. The molecule has 0 fully saturated rings. The van der Waals surface area contributed by atoms with Crippen LogP contribution in [-0.4, -0.2) is 21.6 Å². The molecule has 0 saturated carbocycles. The number of benzene rings is 1. The molecule has 1 atom stereocenters. The van der Waals surface area contributed by atoms with Crippen LogP contribution >= 0.6 is 0 Å². The van der Waals surface area contributed by atoms with Gasteiger partial charge < -0.3 is 15.8 Å². The number of nitrogens with one attached hydrogen (secondary N) is 1. The molecule has 1 aromatic heterocycles. The van der Waals surface area contributed by atoms with E-state index in [-0.39, 0.29) is 12.3 Å². The molecule has 1 aromatic carbocycles. The van der Waals surface area contributed by atoms with E-state index >= 15 is 0 Å². The summed E-state index contributed by atoms with van der Waals surface area (Å²) >= 11 is 0. The van der Waals surface area contributed by atoms with Crippen molar-refractivity contribution in [1.82, 2.24) is 4.98 Å². The lowest BCUT2D eigenvalue weighted by molar-refractivity contribution is -0.383. The summed E-state index contributed by atoms with van der Waals surface area (Å²) in [5.41, 5.74) is 7.03. The number of hydrogen-bond donors (Lipinski definition) is 3. The lowest BCUT2D eigenvalue weighted by Gasteiger charge is -2.07. The Hall–Kier alpha value is -1.92. The average molecular weight is 221 g/mol. The Balaban J connectivity index is 2.58. The fourth-order valence-corrected chi connectivity index (χ4v) is 1.61. The van der Waals surface area contributed by atoms with Crippen molar-refractivity contribution in [3.63, 3.8) is 0 Å². The van der Waals surface area contributed by atoms with E-state index in [1.54, 1.807) is 18.2 Å². The van der Waals surface area contributed by atoms with Crippen LogP contribution in [0.5, 0.6) is 0 Å². The Morgan fingerprint density at radius 1 is 1.56 bits per heavy atom. The van der Waals surface area contributed by atoms with Gasteiger partial charge in [-0.05, 0) is 17.7 Å². The average Bonchev–Trinajstić information content (AvgIpc) is 2.70. The van der Waals surface area contributed by atoms with Gasteiger partial charge in [-0.15, -0.1) is 0 Å². The van der Waals surface area contributed by atoms with E-state index in [4.69, 9.17) is 10.8 Å². The predicted octanol–water partition coefficient (Wildman–Crippen LogP) is 1.07. The molecule has 0 aliphatic rings. The van der Waals surface area contributed by atoms with Crippen molar-refractivity contribution in [3.8, 4) is 0 Å². The van der Waals surface area contributed by atoms with Gasteiger partial charge in [0, 0.05) is 0 Å². The molecule has 6 nitrogen and oxygen atoms in total. The molecule has 2 aromatic rings. The molecule has 1 heterocycles. The van der Waals surface area contributed by atoms with E-state index in [2.05, 4.69) is 4.98 Å². The summed E-state index contributed by atoms with van der Waals surface area (Å²) in [4.78, 5) is 13.1. The third-order valence-electron chi connectivity index (χ3n) is 2.51. The molecule has 16 heavy (non-hydrogen) atoms. The summed E-state index contributed by atoms with van der Waals surface area (Å²) in [6.45, 7) is -0.191. The Morgan fingerprint density at radius 2 is 2.31 bits per heavy atom. The maximum Gasteiger partial charge on any atom is 0.294 e. The zero-order chi connectivity index (χ0) is 11.7. The van der Waals surface area contributed by atoms with Crippen molar-refractivity contribution < 1.29 is 10.0 Å². The summed E-state index contributed by atoms with van der Waals surface area (Å²) in [5, 5.41) is 20.2. The van der Waals surface area contributed by atoms with Gasteiger partial charge in [-0.1, -0.05) is 6.07 Å². The SMILES string of the molecule is NC(CO)c1ccc2[nH]cc([N+](=O)[O-])c2c1. The van der Waals surface area contributed by atoms with Crippen molar-refractivity contribution in [1.29, 1.82) is 0 Å². The largest absolute Gasteiger partial charge is 0.394 e. The minimum atomic E-state index is -0.515. The third-order valence-corrected chi connectivity index (χ3v) is 2.51. The van der Waals surface area contributed by atoms with Crippen LogP contribution < -0.4 is 5.73 Å². The molecular weight excluding hydrogens is 210 g/mol. The van der Waals surface area contributed by atoms with Gasteiger partial charge >= 0.3 is 0 Å². The molecule has 0 spiro atoms. The second-order valence-corrected chi connectivity index (χ2v) is 3.53. The standard InChI is InChI=1S/C10H11N3O3/c11-8(5-14)6-1-2-9-7(3-6)10(4-12-9)13(15)16/h1-4,8,12,14H,5,11H2. The lowest BCUT2D eigenvalue weighted by Crippen LogP contribution is -2.14. The number of nitrogens with two attached hydrogens (primary N) is 1. The zero-order valence-electron chi connectivity index (χ0n) is 8.38. The fraction of sp³-hybridized carbons (Fsp3) is 0.200. The van der Waals surface area contributed by atoms with Gasteiger partial charge in [0.05, 0.1) is 34.7 Å². The molecule has 4 N–H and O–H groups in total. The van der Waals surface area contributed by atoms with E-state index in [0.29, 0.717) is 16.5 Å². The number of H-pyrrole nitrogens is 1. The van der Waals surface area contributed by atoms with E-state index in [1.165, 1.54) is 6.20 Å². The van der Waals surface area contributed by atoms with Crippen LogP contribution in [0.3, 0.4) is 0 Å². The number of hydrogen-bond acceptors (Lipinski definition) is 4. The molecule has 6 heteroatoms. The Labute approximate surface area is 90.8 Å². The van der Waals surface area contributed by atoms with Crippen molar-refractivity contribution >= 4 is 16.6 Å². The monoisotopic (exact) mass is 221 g/mol. The molecule has 0 aliphatic heterocycles. The van der Waals surface area contributed by atoms with Crippen LogP contribution in [0.2, 0.25) is 0 Å². The highest BCUT2D eigenvalue weighted by molar-refractivity contribution is 5.89. The first-order valence-corrected chi connectivity index (χ1v) is 4.75. The number of nitrogens with zero attached hydrogens (tertiary/aromatic N) is 1. The van der Waals surface area contributed by atoms with Crippen molar-refractivity contribution in [2.24, 2.45) is 5.73 Å². The maximum absolute atomic E-state index is 10.7. The van der Waals surface area contributed by atoms with Crippen LogP contribution in [0.1, 0.15) is 11.6 Å². The highest BCUT2D eigenvalue weighted by atomic mass is 16.6. The molecule has 0 aliphatic carbocycles. The van der Waals surface area contributed by atoms with Gasteiger partial charge in [0.2, 0.25) is 0 Å². The van der Waals surface area contributed by atoms with Gasteiger partial charge in [0.1, 0.15) is 0 Å².